The number of carbonyl (C=O) groups excluding carboxylic acids is 1. The van der Waals surface area contributed by atoms with Crippen LogP contribution in [0.3, 0.4) is 0 Å². The first-order valence-corrected chi connectivity index (χ1v) is 8.02. The van der Waals surface area contributed by atoms with Crippen LogP contribution in [0, 0.1) is 0 Å². The van der Waals surface area contributed by atoms with Gasteiger partial charge in [-0.05, 0) is 30.7 Å². The zero-order valence-corrected chi connectivity index (χ0v) is 14.6. The molecule has 3 rings (SSSR count). The van der Waals surface area contributed by atoms with Gasteiger partial charge >= 0.3 is 0 Å². The van der Waals surface area contributed by atoms with Crippen molar-refractivity contribution in [3.05, 3.63) is 65.7 Å². The van der Waals surface area contributed by atoms with Crippen molar-refractivity contribution in [2.75, 3.05) is 19.6 Å². The number of nitrogens with one attached hydrogen (secondary N) is 1. The average Bonchev–Trinajstić information content (AvgIpc) is 2.61. The van der Waals surface area contributed by atoms with Gasteiger partial charge in [-0.15, -0.1) is 12.4 Å². The van der Waals surface area contributed by atoms with Crippen molar-refractivity contribution in [1.29, 1.82) is 0 Å². The molecule has 0 radical (unpaired) electrons. The molecule has 4 nitrogen and oxygen atoms in total. The highest BCUT2D eigenvalue weighted by atomic mass is 35.5. The van der Waals surface area contributed by atoms with Gasteiger partial charge in [0.2, 0.25) is 0 Å². The largest absolute Gasteiger partial charge is 0.489 e. The molecule has 1 fully saturated rings. The summed E-state index contributed by atoms with van der Waals surface area (Å²) in [6.07, 6.45) is 0. The third kappa shape index (κ3) is 4.49. The van der Waals surface area contributed by atoms with Crippen molar-refractivity contribution < 1.29 is 9.53 Å². The molecule has 0 saturated carbocycles. The fourth-order valence-electron chi connectivity index (χ4n) is 2.77. The maximum absolute atomic E-state index is 12.7. The Bertz CT molecular complexity index is 663. The number of hydrogen-bond donors (Lipinski definition) is 1. The second-order valence-corrected chi connectivity index (χ2v) is 5.85. The number of benzene rings is 2. The Balaban J connectivity index is 0.00000208. The summed E-state index contributed by atoms with van der Waals surface area (Å²) in [5.41, 5.74) is 1.80. The van der Waals surface area contributed by atoms with Gasteiger partial charge in [0.1, 0.15) is 12.4 Å². The maximum atomic E-state index is 12.7. The van der Waals surface area contributed by atoms with E-state index in [9.17, 15) is 4.79 Å². The summed E-state index contributed by atoms with van der Waals surface area (Å²) in [6, 6.07) is 17.7. The molecular formula is C19H23ClN2O2. The zero-order valence-electron chi connectivity index (χ0n) is 13.8. The SMILES string of the molecule is CC1CNCCN1C(=O)c1cccc(OCc2ccccc2)c1.Cl. The summed E-state index contributed by atoms with van der Waals surface area (Å²) in [7, 11) is 0. The summed E-state index contributed by atoms with van der Waals surface area (Å²) in [5, 5.41) is 3.30. The van der Waals surface area contributed by atoms with Crippen LogP contribution in [0.5, 0.6) is 5.75 Å². The normalized spacial score (nSPS) is 17.0. The Morgan fingerprint density at radius 3 is 2.75 bits per heavy atom. The second-order valence-electron chi connectivity index (χ2n) is 5.85. The minimum absolute atomic E-state index is 0. The summed E-state index contributed by atoms with van der Waals surface area (Å²) in [4.78, 5) is 14.6. The third-order valence-electron chi connectivity index (χ3n) is 4.09. The third-order valence-corrected chi connectivity index (χ3v) is 4.09. The molecule has 2 aromatic rings. The molecule has 1 amide bonds. The first-order valence-electron chi connectivity index (χ1n) is 8.02. The molecule has 1 aliphatic rings. The van der Waals surface area contributed by atoms with Crippen LogP contribution in [0.15, 0.2) is 54.6 Å². The van der Waals surface area contributed by atoms with E-state index >= 15 is 0 Å². The van der Waals surface area contributed by atoms with Gasteiger partial charge < -0.3 is 15.0 Å². The van der Waals surface area contributed by atoms with E-state index in [4.69, 9.17) is 4.74 Å². The molecule has 1 atom stereocenters. The van der Waals surface area contributed by atoms with Crippen molar-refractivity contribution in [2.45, 2.75) is 19.6 Å². The number of carbonyl (C=O) groups is 1. The minimum atomic E-state index is 0. The molecule has 1 N–H and O–H groups in total. The molecule has 0 spiro atoms. The van der Waals surface area contributed by atoms with E-state index in [0.29, 0.717) is 12.2 Å². The average molecular weight is 347 g/mol. The van der Waals surface area contributed by atoms with Crippen LogP contribution in [-0.2, 0) is 6.61 Å². The lowest BCUT2D eigenvalue weighted by Crippen LogP contribution is -2.52. The molecule has 1 aliphatic heterocycles. The molecule has 5 heteroatoms. The smallest absolute Gasteiger partial charge is 0.254 e. The molecule has 1 heterocycles. The van der Waals surface area contributed by atoms with Crippen molar-refractivity contribution in [2.24, 2.45) is 0 Å². The molecule has 0 bridgehead atoms. The van der Waals surface area contributed by atoms with E-state index in [2.05, 4.69) is 12.2 Å². The predicted octanol–water partition coefficient (Wildman–Crippen LogP) is 3.12. The van der Waals surface area contributed by atoms with Crippen LogP contribution >= 0.6 is 12.4 Å². The first-order chi connectivity index (χ1) is 11.2. The summed E-state index contributed by atoms with van der Waals surface area (Å²) < 4.78 is 5.81. The lowest BCUT2D eigenvalue weighted by molar-refractivity contribution is 0.0655. The van der Waals surface area contributed by atoms with Gasteiger partial charge in [0, 0.05) is 31.2 Å². The summed E-state index contributed by atoms with van der Waals surface area (Å²) in [5.74, 6) is 0.798. The lowest BCUT2D eigenvalue weighted by Gasteiger charge is -2.34. The topological polar surface area (TPSA) is 41.6 Å². The van der Waals surface area contributed by atoms with E-state index in [1.807, 2.05) is 59.5 Å². The predicted molar refractivity (Wildman–Crippen MR) is 97.8 cm³/mol. The number of nitrogens with zero attached hydrogens (tertiary/aromatic N) is 1. The van der Waals surface area contributed by atoms with Gasteiger partial charge in [-0.3, -0.25) is 4.79 Å². The Hall–Kier alpha value is -2.04. The van der Waals surface area contributed by atoms with E-state index in [1.54, 1.807) is 0 Å². The standard InChI is InChI=1S/C19H22N2O2.ClH/c1-15-13-20-10-11-21(15)19(22)17-8-5-9-18(12-17)23-14-16-6-3-2-4-7-16;/h2-9,12,15,20H,10-11,13-14H2,1H3;1H. The van der Waals surface area contributed by atoms with Crippen molar-refractivity contribution in [3.8, 4) is 5.75 Å². The fraction of sp³-hybridized carbons (Fsp3) is 0.316. The Morgan fingerprint density at radius 1 is 1.21 bits per heavy atom. The van der Waals surface area contributed by atoms with E-state index < -0.39 is 0 Å². The molecule has 1 unspecified atom stereocenters. The lowest BCUT2D eigenvalue weighted by atomic mass is 10.1. The van der Waals surface area contributed by atoms with Crippen LogP contribution in [0.2, 0.25) is 0 Å². The van der Waals surface area contributed by atoms with E-state index in [-0.39, 0.29) is 24.4 Å². The van der Waals surface area contributed by atoms with Gasteiger partial charge in [-0.2, -0.15) is 0 Å². The summed E-state index contributed by atoms with van der Waals surface area (Å²) in [6.45, 7) is 5.01. The number of rotatable bonds is 4. The van der Waals surface area contributed by atoms with Crippen LogP contribution in [0.1, 0.15) is 22.8 Å². The van der Waals surface area contributed by atoms with Gasteiger partial charge in [0.15, 0.2) is 0 Å². The minimum Gasteiger partial charge on any atom is -0.489 e. The number of hydrogen-bond acceptors (Lipinski definition) is 3. The summed E-state index contributed by atoms with van der Waals surface area (Å²) >= 11 is 0. The van der Waals surface area contributed by atoms with Crippen LogP contribution in [0.4, 0.5) is 0 Å². The van der Waals surface area contributed by atoms with Crippen molar-refractivity contribution in [3.63, 3.8) is 0 Å². The number of ether oxygens (including phenoxy) is 1. The molecule has 0 aromatic heterocycles. The van der Waals surface area contributed by atoms with E-state index in [0.717, 1.165) is 30.9 Å². The second kappa shape index (κ2) is 8.71. The maximum Gasteiger partial charge on any atom is 0.254 e. The van der Waals surface area contributed by atoms with Gasteiger partial charge in [0.25, 0.3) is 5.91 Å². The van der Waals surface area contributed by atoms with Gasteiger partial charge in [0.05, 0.1) is 0 Å². The fourth-order valence-corrected chi connectivity index (χ4v) is 2.77. The highest BCUT2D eigenvalue weighted by Gasteiger charge is 2.24. The molecule has 2 aromatic carbocycles. The number of piperazine rings is 1. The van der Waals surface area contributed by atoms with Crippen LogP contribution in [-0.4, -0.2) is 36.5 Å². The monoisotopic (exact) mass is 346 g/mol. The molecule has 1 saturated heterocycles. The van der Waals surface area contributed by atoms with Crippen LogP contribution < -0.4 is 10.1 Å². The molecular weight excluding hydrogens is 324 g/mol. The highest BCUT2D eigenvalue weighted by Crippen LogP contribution is 2.18. The van der Waals surface area contributed by atoms with Crippen molar-refractivity contribution in [1.82, 2.24) is 10.2 Å². The Kier molecular flexibility index (Phi) is 6.64. The first kappa shape index (κ1) is 18.3. The molecule has 24 heavy (non-hydrogen) atoms. The Labute approximate surface area is 149 Å². The number of halogens is 1. The molecule has 0 aliphatic carbocycles. The van der Waals surface area contributed by atoms with Gasteiger partial charge in [-0.1, -0.05) is 36.4 Å². The zero-order chi connectivity index (χ0) is 16.1. The van der Waals surface area contributed by atoms with E-state index in [1.165, 1.54) is 0 Å². The quantitative estimate of drug-likeness (QED) is 0.924. The highest BCUT2D eigenvalue weighted by molar-refractivity contribution is 5.94. The van der Waals surface area contributed by atoms with Crippen molar-refractivity contribution >= 4 is 18.3 Å². The Morgan fingerprint density at radius 2 is 2.00 bits per heavy atom. The number of amides is 1. The van der Waals surface area contributed by atoms with Crippen LogP contribution in [0.25, 0.3) is 0 Å². The molecule has 128 valence electrons. The van der Waals surface area contributed by atoms with Gasteiger partial charge in [-0.25, -0.2) is 0 Å².